The van der Waals surface area contributed by atoms with Crippen molar-refractivity contribution >= 4 is 35.5 Å². The molecule has 0 bridgehead atoms. The predicted molar refractivity (Wildman–Crippen MR) is 117 cm³/mol. The highest BCUT2D eigenvalue weighted by atomic mass is 16.2. The number of piperidine rings is 1. The minimum atomic E-state index is -0.363. The van der Waals surface area contributed by atoms with E-state index < -0.39 is 0 Å². The number of anilines is 4. The Morgan fingerprint density at radius 1 is 1.09 bits per heavy atom. The molecule has 168 valence electrons. The summed E-state index contributed by atoms with van der Waals surface area (Å²) in [5, 5.41) is 11.7. The van der Waals surface area contributed by atoms with Crippen LogP contribution in [0.2, 0.25) is 0 Å². The van der Waals surface area contributed by atoms with Crippen molar-refractivity contribution in [3.63, 3.8) is 0 Å². The van der Waals surface area contributed by atoms with Gasteiger partial charge in [-0.25, -0.2) is 15.0 Å². The Hall–Kier alpha value is -3.41. The van der Waals surface area contributed by atoms with E-state index in [1.165, 1.54) is 19.6 Å². The number of hydrogen-bond donors (Lipinski definition) is 4. The van der Waals surface area contributed by atoms with Crippen LogP contribution in [0.15, 0.2) is 12.5 Å². The van der Waals surface area contributed by atoms with Gasteiger partial charge in [0.05, 0.1) is 0 Å². The maximum absolute atomic E-state index is 12.3. The second kappa shape index (κ2) is 8.26. The summed E-state index contributed by atoms with van der Waals surface area (Å²) in [5.41, 5.74) is 0.565. The zero-order valence-corrected chi connectivity index (χ0v) is 17.9. The van der Waals surface area contributed by atoms with Crippen molar-refractivity contribution in [2.45, 2.75) is 25.7 Å². The summed E-state index contributed by atoms with van der Waals surface area (Å²) in [6.45, 7) is 3.94. The highest BCUT2D eigenvalue weighted by Gasteiger charge is 2.44. The molecule has 0 radical (unpaired) electrons. The molecule has 0 aromatic carbocycles. The van der Waals surface area contributed by atoms with Crippen LogP contribution in [0.1, 0.15) is 36.0 Å². The van der Waals surface area contributed by atoms with Crippen LogP contribution in [-0.2, 0) is 4.79 Å². The molecule has 3 aliphatic rings. The van der Waals surface area contributed by atoms with Gasteiger partial charge < -0.3 is 20.9 Å². The van der Waals surface area contributed by atoms with Gasteiger partial charge in [-0.15, -0.1) is 0 Å². The third-order valence-electron chi connectivity index (χ3n) is 6.23. The molecule has 0 unspecified atom stereocenters. The number of hydrogen-bond acceptors (Lipinski definition) is 10. The standard InChI is InChI=1S/C20H26N10O2/c1-21-16(32)13-8-23-17(28-15(31)12-2-3-12)26-14(13)27-18-24-11-25-19(29-18)30-9-20(10-30)4-6-22-7-5-20/h8,11-12,22H,2-7,9-10H2,1H3,(H,21,32)(H2,23,24,25,26,27,28,29,31). The van der Waals surface area contributed by atoms with Crippen LogP contribution < -0.4 is 26.2 Å². The number of nitrogens with zero attached hydrogens (tertiary/aromatic N) is 6. The molecule has 1 aliphatic carbocycles. The normalized spacial score (nSPS) is 19.2. The summed E-state index contributed by atoms with van der Waals surface area (Å²) < 4.78 is 0. The summed E-state index contributed by atoms with van der Waals surface area (Å²) in [5.74, 6) is 0.727. The van der Waals surface area contributed by atoms with Gasteiger partial charge in [-0.2, -0.15) is 9.97 Å². The van der Waals surface area contributed by atoms with E-state index >= 15 is 0 Å². The van der Waals surface area contributed by atoms with Crippen molar-refractivity contribution < 1.29 is 9.59 Å². The summed E-state index contributed by atoms with van der Waals surface area (Å²) in [4.78, 5) is 48.0. The van der Waals surface area contributed by atoms with Crippen molar-refractivity contribution in [1.82, 2.24) is 35.6 Å². The van der Waals surface area contributed by atoms with E-state index in [1.807, 2.05) is 0 Å². The van der Waals surface area contributed by atoms with Gasteiger partial charge in [0.25, 0.3) is 5.91 Å². The van der Waals surface area contributed by atoms with Crippen molar-refractivity contribution in [1.29, 1.82) is 0 Å². The zero-order valence-electron chi connectivity index (χ0n) is 17.9. The molecule has 2 saturated heterocycles. The summed E-state index contributed by atoms with van der Waals surface area (Å²) in [6, 6.07) is 0. The molecule has 3 fully saturated rings. The van der Waals surface area contributed by atoms with Crippen LogP contribution in [-0.4, -0.2) is 70.0 Å². The van der Waals surface area contributed by atoms with E-state index in [9.17, 15) is 9.59 Å². The fraction of sp³-hybridized carbons (Fsp3) is 0.550. The van der Waals surface area contributed by atoms with E-state index in [2.05, 4.69) is 51.1 Å². The van der Waals surface area contributed by atoms with Crippen LogP contribution in [0, 0.1) is 11.3 Å². The topological polar surface area (TPSA) is 150 Å². The monoisotopic (exact) mass is 438 g/mol. The first-order valence-corrected chi connectivity index (χ1v) is 10.9. The molecule has 12 nitrogen and oxygen atoms in total. The van der Waals surface area contributed by atoms with E-state index in [1.54, 1.807) is 0 Å². The average molecular weight is 438 g/mol. The zero-order chi connectivity index (χ0) is 22.1. The molecule has 2 aromatic heterocycles. The van der Waals surface area contributed by atoms with Crippen LogP contribution in [0.4, 0.5) is 23.7 Å². The molecule has 1 saturated carbocycles. The second-order valence-corrected chi connectivity index (χ2v) is 8.64. The number of aromatic nitrogens is 5. The number of rotatable bonds is 6. The summed E-state index contributed by atoms with van der Waals surface area (Å²) in [6.07, 6.45) is 6.87. The lowest BCUT2D eigenvalue weighted by atomic mass is 9.72. The first kappa shape index (κ1) is 20.5. The van der Waals surface area contributed by atoms with Crippen molar-refractivity contribution in [2.24, 2.45) is 11.3 Å². The van der Waals surface area contributed by atoms with Gasteiger partial charge >= 0.3 is 0 Å². The Labute approximate surface area is 185 Å². The first-order chi connectivity index (χ1) is 15.5. The lowest BCUT2D eigenvalue weighted by Gasteiger charge is -2.52. The molecule has 2 amide bonds. The summed E-state index contributed by atoms with van der Waals surface area (Å²) in [7, 11) is 1.52. The molecular formula is C20H26N10O2. The molecule has 12 heteroatoms. The van der Waals surface area contributed by atoms with Crippen LogP contribution >= 0.6 is 0 Å². The Bertz CT molecular complexity index is 1030. The molecule has 2 aromatic rings. The van der Waals surface area contributed by atoms with Gasteiger partial charge in [0, 0.05) is 37.7 Å². The van der Waals surface area contributed by atoms with Gasteiger partial charge in [0.2, 0.25) is 23.8 Å². The molecule has 2 aliphatic heterocycles. The van der Waals surface area contributed by atoms with Crippen molar-refractivity contribution in [3.05, 3.63) is 18.1 Å². The molecular weight excluding hydrogens is 412 g/mol. The van der Waals surface area contributed by atoms with Crippen LogP contribution in [0.5, 0.6) is 0 Å². The maximum atomic E-state index is 12.3. The lowest BCUT2D eigenvalue weighted by Crippen LogP contribution is -2.60. The fourth-order valence-corrected chi connectivity index (χ4v) is 4.18. The Morgan fingerprint density at radius 3 is 2.59 bits per heavy atom. The number of amides is 2. The van der Waals surface area contributed by atoms with Gasteiger partial charge in [0.1, 0.15) is 11.9 Å². The minimum Gasteiger partial charge on any atom is -0.355 e. The SMILES string of the molecule is CNC(=O)c1cnc(NC(=O)C2CC2)nc1Nc1ncnc(N2CC3(CCNCC3)C2)n1. The first-order valence-electron chi connectivity index (χ1n) is 10.9. The highest BCUT2D eigenvalue weighted by Crippen LogP contribution is 2.40. The maximum Gasteiger partial charge on any atom is 0.256 e. The fourth-order valence-electron chi connectivity index (χ4n) is 4.18. The average Bonchev–Trinajstić information content (AvgIpc) is 3.63. The van der Waals surface area contributed by atoms with Gasteiger partial charge in [-0.05, 0) is 38.8 Å². The Morgan fingerprint density at radius 2 is 1.88 bits per heavy atom. The quantitative estimate of drug-likeness (QED) is 0.496. The van der Waals surface area contributed by atoms with Crippen molar-refractivity contribution in [2.75, 3.05) is 48.8 Å². The number of nitrogens with one attached hydrogen (secondary N) is 4. The van der Waals surface area contributed by atoms with E-state index in [0.717, 1.165) is 51.9 Å². The molecule has 4 N–H and O–H groups in total. The smallest absolute Gasteiger partial charge is 0.256 e. The second-order valence-electron chi connectivity index (χ2n) is 8.64. The van der Waals surface area contributed by atoms with Gasteiger partial charge in [0.15, 0.2) is 5.82 Å². The Kier molecular flexibility index (Phi) is 5.29. The largest absolute Gasteiger partial charge is 0.355 e. The number of carbonyl (C=O) groups is 2. The van der Waals surface area contributed by atoms with E-state index in [0.29, 0.717) is 11.4 Å². The molecule has 5 rings (SSSR count). The van der Waals surface area contributed by atoms with E-state index in [-0.39, 0.29) is 41.0 Å². The number of carbonyl (C=O) groups excluding carboxylic acids is 2. The third kappa shape index (κ3) is 4.17. The minimum absolute atomic E-state index is 0.0134. The molecule has 32 heavy (non-hydrogen) atoms. The van der Waals surface area contributed by atoms with Crippen molar-refractivity contribution in [3.8, 4) is 0 Å². The van der Waals surface area contributed by atoms with Gasteiger partial charge in [-0.1, -0.05) is 0 Å². The van der Waals surface area contributed by atoms with Crippen LogP contribution in [0.3, 0.4) is 0 Å². The third-order valence-corrected chi connectivity index (χ3v) is 6.23. The predicted octanol–water partition coefficient (Wildman–Crippen LogP) is 0.303. The van der Waals surface area contributed by atoms with Gasteiger partial charge in [-0.3, -0.25) is 14.9 Å². The lowest BCUT2D eigenvalue weighted by molar-refractivity contribution is -0.117. The Balaban J connectivity index is 1.33. The van der Waals surface area contributed by atoms with E-state index in [4.69, 9.17) is 0 Å². The summed E-state index contributed by atoms with van der Waals surface area (Å²) >= 11 is 0. The molecule has 0 atom stereocenters. The van der Waals surface area contributed by atoms with Crippen LogP contribution in [0.25, 0.3) is 0 Å². The highest BCUT2D eigenvalue weighted by molar-refractivity contribution is 5.99. The molecule has 1 spiro atoms. The molecule has 4 heterocycles.